The maximum atomic E-state index is 13.5. The molecule has 3 rings (SSSR count). The van der Waals surface area contributed by atoms with Crippen molar-refractivity contribution in [2.75, 3.05) is 16.2 Å². The van der Waals surface area contributed by atoms with Gasteiger partial charge in [-0.15, -0.1) is 0 Å². The molecule has 8 nitrogen and oxygen atoms in total. The third-order valence-electron chi connectivity index (χ3n) is 5.31. The van der Waals surface area contributed by atoms with Crippen LogP contribution < -0.4 is 15.0 Å². The fourth-order valence-corrected chi connectivity index (χ4v) is 4.85. The molecule has 188 valence electrons. The number of hydrazone groups is 1. The maximum Gasteiger partial charge on any atom is 0.264 e. The van der Waals surface area contributed by atoms with Crippen molar-refractivity contribution in [3.05, 3.63) is 88.4 Å². The number of carbonyl (C=O) groups excluding carboxylic acids is 2. The highest BCUT2D eigenvalue weighted by molar-refractivity contribution is 7.92. The Morgan fingerprint density at radius 1 is 0.944 bits per heavy atom. The van der Waals surface area contributed by atoms with Crippen LogP contribution in [0.4, 0.5) is 11.4 Å². The summed E-state index contributed by atoms with van der Waals surface area (Å²) in [5.41, 5.74) is 6.24. The van der Waals surface area contributed by atoms with Gasteiger partial charge in [0.25, 0.3) is 15.9 Å². The average Bonchev–Trinajstić information content (AvgIpc) is 2.83. The summed E-state index contributed by atoms with van der Waals surface area (Å²) < 4.78 is 28.0. The third-order valence-corrected chi connectivity index (χ3v) is 7.51. The molecule has 0 saturated carbocycles. The molecule has 0 spiro atoms. The minimum atomic E-state index is -4.07. The van der Waals surface area contributed by atoms with Crippen LogP contribution in [0.3, 0.4) is 0 Å². The van der Waals surface area contributed by atoms with Gasteiger partial charge in [0.2, 0.25) is 5.91 Å². The van der Waals surface area contributed by atoms with Crippen LogP contribution in [0.25, 0.3) is 0 Å². The van der Waals surface area contributed by atoms with Crippen LogP contribution in [-0.4, -0.2) is 32.5 Å². The molecule has 2 N–H and O–H groups in total. The first-order valence-corrected chi connectivity index (χ1v) is 12.9. The van der Waals surface area contributed by atoms with Crippen LogP contribution in [0, 0.1) is 13.8 Å². The molecular weight excluding hydrogens is 500 g/mol. The highest BCUT2D eigenvalue weighted by atomic mass is 35.5. The first-order valence-electron chi connectivity index (χ1n) is 11.0. The summed E-state index contributed by atoms with van der Waals surface area (Å²) in [5.74, 6) is -0.808. The van der Waals surface area contributed by atoms with Gasteiger partial charge in [-0.25, -0.2) is 13.8 Å². The van der Waals surface area contributed by atoms with Crippen molar-refractivity contribution in [3.63, 3.8) is 0 Å². The lowest BCUT2D eigenvalue weighted by atomic mass is 10.1. The van der Waals surface area contributed by atoms with Gasteiger partial charge in [0.1, 0.15) is 6.54 Å². The molecule has 0 saturated heterocycles. The Hall–Kier alpha value is -3.69. The van der Waals surface area contributed by atoms with Gasteiger partial charge in [0.15, 0.2) is 0 Å². The summed E-state index contributed by atoms with van der Waals surface area (Å²) in [5, 5.41) is 7.17. The summed E-state index contributed by atoms with van der Waals surface area (Å²) in [4.78, 5) is 24.0. The number of hydrogen-bond donors (Lipinski definition) is 2. The lowest BCUT2D eigenvalue weighted by Crippen LogP contribution is -2.39. The molecule has 0 aliphatic heterocycles. The fourth-order valence-electron chi connectivity index (χ4n) is 3.26. The zero-order valence-corrected chi connectivity index (χ0v) is 21.9. The van der Waals surface area contributed by atoms with Crippen molar-refractivity contribution in [2.45, 2.75) is 32.6 Å². The van der Waals surface area contributed by atoms with Crippen molar-refractivity contribution in [1.29, 1.82) is 0 Å². The monoisotopic (exact) mass is 526 g/mol. The third kappa shape index (κ3) is 6.71. The summed E-state index contributed by atoms with van der Waals surface area (Å²) in [6, 6.07) is 18.1. The number of rotatable bonds is 8. The summed E-state index contributed by atoms with van der Waals surface area (Å²) in [7, 11) is -4.07. The van der Waals surface area contributed by atoms with Crippen LogP contribution in [0.15, 0.2) is 76.7 Å². The van der Waals surface area contributed by atoms with Gasteiger partial charge in [-0.05, 0) is 68.3 Å². The summed E-state index contributed by atoms with van der Waals surface area (Å²) in [6.45, 7) is 6.28. The summed E-state index contributed by atoms with van der Waals surface area (Å²) >= 11 is 6.25. The van der Waals surface area contributed by atoms with Crippen LogP contribution in [0.1, 0.15) is 30.5 Å². The molecular formula is C26H27ClN4O4S. The Balaban J connectivity index is 1.84. The molecule has 0 radical (unpaired) electrons. The highest BCUT2D eigenvalue weighted by Gasteiger charge is 2.27. The second-order valence-corrected chi connectivity index (χ2v) is 10.5. The second kappa shape index (κ2) is 11.4. The number of nitrogens with one attached hydrogen (secondary N) is 2. The predicted molar refractivity (Wildman–Crippen MR) is 143 cm³/mol. The smallest absolute Gasteiger partial charge is 0.264 e. The molecule has 0 bridgehead atoms. The van der Waals surface area contributed by atoms with Crippen LogP contribution in [0.5, 0.6) is 0 Å². The Kier molecular flexibility index (Phi) is 8.49. The number of aryl methyl sites for hydroxylation is 2. The second-order valence-electron chi connectivity index (χ2n) is 8.25. The van der Waals surface area contributed by atoms with Gasteiger partial charge in [-0.3, -0.25) is 13.9 Å². The van der Waals surface area contributed by atoms with Crippen molar-refractivity contribution in [2.24, 2.45) is 5.10 Å². The zero-order valence-electron chi connectivity index (χ0n) is 20.4. The van der Waals surface area contributed by atoms with E-state index in [4.69, 9.17) is 11.6 Å². The Morgan fingerprint density at radius 3 is 2.17 bits per heavy atom. The molecule has 3 aromatic carbocycles. The Labute approximate surface area is 216 Å². The van der Waals surface area contributed by atoms with E-state index in [1.807, 2.05) is 6.92 Å². The number of amides is 2. The molecule has 0 aliphatic rings. The maximum absolute atomic E-state index is 13.5. The van der Waals surface area contributed by atoms with E-state index in [2.05, 4.69) is 15.8 Å². The van der Waals surface area contributed by atoms with E-state index in [9.17, 15) is 18.0 Å². The van der Waals surface area contributed by atoms with Crippen molar-refractivity contribution in [1.82, 2.24) is 5.43 Å². The number of nitrogens with zero attached hydrogens (tertiary/aromatic N) is 2. The Bertz CT molecular complexity index is 1400. The molecule has 0 fully saturated rings. The minimum Gasteiger partial charge on any atom is -0.326 e. The normalized spacial score (nSPS) is 11.6. The summed E-state index contributed by atoms with van der Waals surface area (Å²) in [6.07, 6.45) is 0. The molecule has 0 aromatic heterocycles. The number of carbonyl (C=O) groups is 2. The van der Waals surface area contributed by atoms with E-state index < -0.39 is 22.5 Å². The van der Waals surface area contributed by atoms with Crippen LogP contribution >= 0.6 is 11.6 Å². The number of hydrogen-bond acceptors (Lipinski definition) is 5. The van der Waals surface area contributed by atoms with E-state index in [1.165, 1.54) is 25.1 Å². The fraction of sp³-hybridized carbons (Fsp3) is 0.192. The molecule has 0 aliphatic carbocycles. The quantitative estimate of drug-likeness (QED) is 0.329. The molecule has 2 amide bonds. The van der Waals surface area contributed by atoms with E-state index in [0.717, 1.165) is 21.0 Å². The standard InChI is InChI=1S/C26H27ClN4O4S/c1-17-5-13-24(14-6-17)36(34,35)31(23-12-7-18(2)25(27)15-23)16-26(33)30-29-19(3)21-8-10-22(11-9-21)28-20(4)32/h5-15H,16H2,1-4H3,(H,28,32)(H,30,33)/b29-19-. The van der Waals surface area contributed by atoms with Crippen LogP contribution in [-0.2, 0) is 19.6 Å². The lowest BCUT2D eigenvalue weighted by Gasteiger charge is -2.24. The van der Waals surface area contributed by atoms with Gasteiger partial charge < -0.3 is 5.32 Å². The Morgan fingerprint density at radius 2 is 1.58 bits per heavy atom. The molecule has 0 heterocycles. The van der Waals surface area contributed by atoms with E-state index in [0.29, 0.717) is 16.4 Å². The van der Waals surface area contributed by atoms with Crippen molar-refractivity contribution in [3.8, 4) is 0 Å². The van der Waals surface area contributed by atoms with Gasteiger partial charge in [-0.2, -0.15) is 5.10 Å². The van der Waals surface area contributed by atoms with Gasteiger partial charge in [0, 0.05) is 17.6 Å². The average molecular weight is 527 g/mol. The largest absolute Gasteiger partial charge is 0.326 e. The number of benzene rings is 3. The molecule has 36 heavy (non-hydrogen) atoms. The van der Waals surface area contributed by atoms with Crippen molar-refractivity contribution >= 4 is 50.5 Å². The number of halogens is 1. The van der Waals surface area contributed by atoms with Crippen LogP contribution in [0.2, 0.25) is 5.02 Å². The van der Waals surface area contributed by atoms with E-state index in [-0.39, 0.29) is 16.5 Å². The highest BCUT2D eigenvalue weighted by Crippen LogP contribution is 2.28. The lowest BCUT2D eigenvalue weighted by molar-refractivity contribution is -0.119. The first kappa shape index (κ1) is 26.9. The zero-order chi connectivity index (χ0) is 26.5. The first-order chi connectivity index (χ1) is 17.0. The van der Waals surface area contributed by atoms with Gasteiger partial charge in [0.05, 0.1) is 16.3 Å². The van der Waals surface area contributed by atoms with Gasteiger partial charge in [-0.1, -0.05) is 47.5 Å². The van der Waals surface area contributed by atoms with E-state index in [1.54, 1.807) is 62.4 Å². The molecule has 0 unspecified atom stereocenters. The minimum absolute atomic E-state index is 0.0524. The molecule has 0 atom stereocenters. The predicted octanol–water partition coefficient (Wildman–Crippen LogP) is 4.65. The number of sulfonamides is 1. The SMILES string of the molecule is CC(=O)Nc1ccc(/C(C)=N\NC(=O)CN(c2ccc(C)c(Cl)c2)S(=O)(=O)c2ccc(C)cc2)cc1. The number of anilines is 2. The van der Waals surface area contributed by atoms with Crippen molar-refractivity contribution < 1.29 is 18.0 Å². The van der Waals surface area contributed by atoms with E-state index >= 15 is 0 Å². The van der Waals surface area contributed by atoms with Gasteiger partial charge >= 0.3 is 0 Å². The topological polar surface area (TPSA) is 108 Å². The molecule has 10 heteroatoms. The molecule has 3 aromatic rings.